The van der Waals surface area contributed by atoms with Crippen molar-refractivity contribution in [3.05, 3.63) is 24.0 Å². The fraction of sp³-hybridized carbons (Fsp3) is 0.667. The molecule has 1 aromatic heterocycles. The second-order valence-corrected chi connectivity index (χ2v) is 5.70. The van der Waals surface area contributed by atoms with Crippen molar-refractivity contribution in [1.29, 1.82) is 0 Å². The highest BCUT2D eigenvalue weighted by molar-refractivity contribution is 5.46. The minimum atomic E-state index is 0.524. The molecule has 3 heterocycles. The lowest BCUT2D eigenvalue weighted by molar-refractivity contribution is 0.175. The van der Waals surface area contributed by atoms with Gasteiger partial charge in [-0.15, -0.1) is 0 Å². The van der Waals surface area contributed by atoms with Crippen LogP contribution in [0.3, 0.4) is 0 Å². The first-order chi connectivity index (χ1) is 9.36. The number of anilines is 1. The molecule has 104 valence electrons. The third-order valence-corrected chi connectivity index (χ3v) is 4.45. The van der Waals surface area contributed by atoms with E-state index in [0.717, 1.165) is 24.8 Å². The van der Waals surface area contributed by atoms with Crippen LogP contribution in [-0.4, -0.2) is 42.1 Å². The molecular formula is C15H24N4. The molecule has 0 amide bonds. The van der Waals surface area contributed by atoms with Crippen molar-refractivity contribution < 1.29 is 0 Å². The van der Waals surface area contributed by atoms with Crippen molar-refractivity contribution in [2.24, 2.45) is 5.73 Å². The Balaban J connectivity index is 1.61. The van der Waals surface area contributed by atoms with Crippen LogP contribution < -0.4 is 10.6 Å². The molecule has 0 saturated carbocycles. The van der Waals surface area contributed by atoms with E-state index in [9.17, 15) is 0 Å². The van der Waals surface area contributed by atoms with Crippen molar-refractivity contribution in [3.63, 3.8) is 0 Å². The van der Waals surface area contributed by atoms with Gasteiger partial charge in [0.2, 0.25) is 0 Å². The Morgan fingerprint density at radius 3 is 2.68 bits per heavy atom. The van der Waals surface area contributed by atoms with Crippen molar-refractivity contribution in [1.82, 2.24) is 9.88 Å². The van der Waals surface area contributed by atoms with Gasteiger partial charge in [-0.3, -0.25) is 9.88 Å². The molecule has 2 fully saturated rings. The third-order valence-electron chi connectivity index (χ3n) is 4.45. The Labute approximate surface area is 115 Å². The monoisotopic (exact) mass is 260 g/mol. The maximum Gasteiger partial charge on any atom is 0.0553 e. The van der Waals surface area contributed by atoms with Crippen LogP contribution in [0.4, 0.5) is 5.69 Å². The molecule has 4 nitrogen and oxygen atoms in total. The van der Waals surface area contributed by atoms with E-state index in [1.807, 2.05) is 12.3 Å². The number of likely N-dealkylation sites (tertiary alicyclic amines) is 1. The molecule has 0 aliphatic carbocycles. The summed E-state index contributed by atoms with van der Waals surface area (Å²) in [5.74, 6) is 0. The number of pyridine rings is 1. The molecule has 0 bridgehead atoms. The zero-order valence-electron chi connectivity index (χ0n) is 11.6. The molecule has 1 unspecified atom stereocenters. The van der Waals surface area contributed by atoms with Gasteiger partial charge in [-0.05, 0) is 44.5 Å². The van der Waals surface area contributed by atoms with Gasteiger partial charge in [0.05, 0.1) is 17.6 Å². The van der Waals surface area contributed by atoms with E-state index in [1.54, 1.807) is 0 Å². The van der Waals surface area contributed by atoms with Gasteiger partial charge >= 0.3 is 0 Å². The molecule has 3 rings (SSSR count). The quantitative estimate of drug-likeness (QED) is 0.897. The minimum absolute atomic E-state index is 0.524. The second kappa shape index (κ2) is 5.88. The Hall–Kier alpha value is -1.13. The zero-order valence-corrected chi connectivity index (χ0v) is 11.6. The Kier molecular flexibility index (Phi) is 3.99. The fourth-order valence-corrected chi connectivity index (χ4v) is 3.28. The van der Waals surface area contributed by atoms with Crippen LogP contribution >= 0.6 is 0 Å². The number of rotatable bonds is 3. The van der Waals surface area contributed by atoms with Crippen molar-refractivity contribution in [2.45, 2.75) is 38.3 Å². The largest absolute Gasteiger partial charge is 0.369 e. The first-order valence-corrected chi connectivity index (χ1v) is 7.51. The van der Waals surface area contributed by atoms with Crippen LogP contribution in [0.2, 0.25) is 0 Å². The molecule has 4 heteroatoms. The van der Waals surface area contributed by atoms with E-state index >= 15 is 0 Å². The van der Waals surface area contributed by atoms with Crippen LogP contribution in [0, 0.1) is 0 Å². The van der Waals surface area contributed by atoms with Crippen LogP contribution in [0.15, 0.2) is 18.3 Å². The number of nitrogens with two attached hydrogens (primary N) is 1. The number of nitrogens with zero attached hydrogens (tertiary/aromatic N) is 3. The number of piperidine rings is 1. The molecule has 0 radical (unpaired) electrons. The van der Waals surface area contributed by atoms with E-state index < -0.39 is 0 Å². The van der Waals surface area contributed by atoms with E-state index in [2.05, 4.69) is 20.9 Å². The van der Waals surface area contributed by atoms with E-state index in [0.29, 0.717) is 6.54 Å². The van der Waals surface area contributed by atoms with Crippen LogP contribution in [-0.2, 0) is 6.54 Å². The summed E-state index contributed by atoms with van der Waals surface area (Å²) < 4.78 is 0. The summed E-state index contributed by atoms with van der Waals surface area (Å²) in [5, 5.41) is 0. The number of hydrogen-bond acceptors (Lipinski definition) is 4. The Morgan fingerprint density at radius 2 is 2.00 bits per heavy atom. The van der Waals surface area contributed by atoms with Gasteiger partial charge in [0.25, 0.3) is 0 Å². The average molecular weight is 260 g/mol. The van der Waals surface area contributed by atoms with Crippen LogP contribution in [0.5, 0.6) is 0 Å². The predicted molar refractivity (Wildman–Crippen MR) is 78.2 cm³/mol. The summed E-state index contributed by atoms with van der Waals surface area (Å²) in [4.78, 5) is 9.55. The van der Waals surface area contributed by atoms with Crippen LogP contribution in [0.1, 0.15) is 31.4 Å². The van der Waals surface area contributed by atoms with Gasteiger partial charge in [-0.2, -0.15) is 0 Å². The normalized spacial score (nSPS) is 24.9. The standard InChI is InChI=1S/C15H24N4/c16-10-13-4-5-14(11-17-13)19-9-6-15(12-19)18-7-2-1-3-8-18/h4-5,11,15H,1-3,6-10,12,16H2. The third kappa shape index (κ3) is 2.90. The van der Waals surface area contributed by atoms with Gasteiger partial charge in [0.15, 0.2) is 0 Å². The highest BCUT2D eigenvalue weighted by atomic mass is 15.3. The Bertz CT molecular complexity index is 397. The molecule has 2 N–H and O–H groups in total. The van der Waals surface area contributed by atoms with Gasteiger partial charge in [0, 0.05) is 25.7 Å². The number of aromatic nitrogens is 1. The van der Waals surface area contributed by atoms with Crippen molar-refractivity contribution >= 4 is 5.69 Å². The van der Waals surface area contributed by atoms with Gasteiger partial charge < -0.3 is 10.6 Å². The van der Waals surface area contributed by atoms with Crippen molar-refractivity contribution in [3.8, 4) is 0 Å². The molecule has 1 aromatic rings. The minimum Gasteiger partial charge on any atom is -0.369 e. The summed E-state index contributed by atoms with van der Waals surface area (Å²) in [7, 11) is 0. The zero-order chi connectivity index (χ0) is 13.1. The highest BCUT2D eigenvalue weighted by Gasteiger charge is 2.28. The lowest BCUT2D eigenvalue weighted by Crippen LogP contribution is -2.40. The van der Waals surface area contributed by atoms with E-state index in [1.165, 1.54) is 44.5 Å². The van der Waals surface area contributed by atoms with Gasteiger partial charge in [-0.1, -0.05) is 6.42 Å². The molecule has 19 heavy (non-hydrogen) atoms. The van der Waals surface area contributed by atoms with Crippen molar-refractivity contribution in [2.75, 3.05) is 31.1 Å². The Morgan fingerprint density at radius 1 is 1.16 bits per heavy atom. The van der Waals surface area contributed by atoms with Crippen LogP contribution in [0.25, 0.3) is 0 Å². The average Bonchev–Trinajstić information content (AvgIpc) is 2.98. The molecule has 0 aromatic carbocycles. The first-order valence-electron chi connectivity index (χ1n) is 7.51. The second-order valence-electron chi connectivity index (χ2n) is 5.70. The topological polar surface area (TPSA) is 45.4 Å². The first kappa shape index (κ1) is 12.9. The SMILES string of the molecule is NCc1ccc(N2CCC(N3CCCCC3)C2)cn1. The van der Waals surface area contributed by atoms with E-state index in [4.69, 9.17) is 5.73 Å². The predicted octanol–water partition coefficient (Wildman–Crippen LogP) is 1.60. The summed E-state index contributed by atoms with van der Waals surface area (Å²) in [6, 6.07) is 4.95. The summed E-state index contributed by atoms with van der Waals surface area (Å²) >= 11 is 0. The summed E-state index contributed by atoms with van der Waals surface area (Å²) in [5.41, 5.74) is 7.81. The lowest BCUT2D eigenvalue weighted by Gasteiger charge is -2.32. The fourth-order valence-electron chi connectivity index (χ4n) is 3.28. The van der Waals surface area contributed by atoms with E-state index in [-0.39, 0.29) is 0 Å². The smallest absolute Gasteiger partial charge is 0.0553 e. The summed E-state index contributed by atoms with van der Waals surface area (Å²) in [6.45, 7) is 5.43. The molecular weight excluding hydrogens is 236 g/mol. The molecule has 0 spiro atoms. The highest BCUT2D eigenvalue weighted by Crippen LogP contribution is 2.24. The molecule has 2 aliphatic rings. The molecule has 2 aliphatic heterocycles. The maximum absolute atomic E-state index is 5.59. The maximum atomic E-state index is 5.59. The van der Waals surface area contributed by atoms with Gasteiger partial charge in [-0.25, -0.2) is 0 Å². The molecule has 1 atom stereocenters. The lowest BCUT2D eigenvalue weighted by atomic mass is 10.1. The summed E-state index contributed by atoms with van der Waals surface area (Å²) in [6.07, 6.45) is 7.43. The number of hydrogen-bond donors (Lipinski definition) is 1. The van der Waals surface area contributed by atoms with Gasteiger partial charge in [0.1, 0.15) is 0 Å². The molecule has 2 saturated heterocycles.